The van der Waals surface area contributed by atoms with Crippen molar-refractivity contribution in [2.45, 2.75) is 59.8 Å². The standard InChI is InChI=1S/C22H30O3/c1-12-9-14-16-6-5-15(13(2)23)21(16,3)8-7-17(14)22(4)11-20(25)19(24)10-18(12)22/h10-12,14-17,25H,5-9H2,1-4H3/t12-,14-,15+,16-,17-,21+,22+/m0/s1. The van der Waals surface area contributed by atoms with E-state index >= 15 is 0 Å². The molecule has 136 valence electrons. The zero-order valence-electron chi connectivity index (χ0n) is 15.8. The molecule has 0 aromatic rings. The van der Waals surface area contributed by atoms with Crippen LogP contribution in [0.15, 0.2) is 23.5 Å². The number of rotatable bonds is 1. The molecule has 0 bridgehead atoms. The van der Waals surface area contributed by atoms with E-state index in [1.165, 1.54) is 5.57 Å². The molecule has 0 amide bonds. The van der Waals surface area contributed by atoms with E-state index < -0.39 is 0 Å². The van der Waals surface area contributed by atoms with E-state index in [9.17, 15) is 14.7 Å². The fraction of sp³-hybridized carbons (Fsp3) is 0.727. The molecule has 7 atom stereocenters. The smallest absolute Gasteiger partial charge is 0.219 e. The van der Waals surface area contributed by atoms with Crippen LogP contribution in [-0.2, 0) is 9.59 Å². The van der Waals surface area contributed by atoms with Crippen molar-refractivity contribution in [1.82, 2.24) is 0 Å². The van der Waals surface area contributed by atoms with Crippen LogP contribution in [0.2, 0.25) is 0 Å². The zero-order valence-corrected chi connectivity index (χ0v) is 15.8. The lowest BCUT2D eigenvalue weighted by Crippen LogP contribution is -2.52. The minimum absolute atomic E-state index is 0.0829. The normalized spacial score (nSPS) is 48.8. The molecule has 0 radical (unpaired) electrons. The highest BCUT2D eigenvalue weighted by Crippen LogP contribution is 2.67. The average molecular weight is 342 g/mol. The molecule has 25 heavy (non-hydrogen) atoms. The number of fused-ring (bicyclic) bond motifs is 5. The Kier molecular flexibility index (Phi) is 3.62. The molecule has 3 saturated carbocycles. The van der Waals surface area contributed by atoms with Crippen molar-refractivity contribution < 1.29 is 14.7 Å². The highest BCUT2D eigenvalue weighted by atomic mass is 16.3. The molecule has 0 unspecified atom stereocenters. The Morgan fingerprint density at radius 2 is 1.92 bits per heavy atom. The molecule has 0 aliphatic heterocycles. The molecule has 0 spiro atoms. The second kappa shape index (κ2) is 5.31. The predicted molar refractivity (Wildman–Crippen MR) is 96.9 cm³/mol. The first kappa shape index (κ1) is 17.1. The van der Waals surface area contributed by atoms with Crippen molar-refractivity contribution in [2.24, 2.45) is 40.4 Å². The number of ketones is 2. The number of hydrogen-bond donors (Lipinski definition) is 1. The maximum absolute atomic E-state index is 12.2. The average Bonchev–Trinajstić information content (AvgIpc) is 2.88. The van der Waals surface area contributed by atoms with Crippen molar-refractivity contribution in [3.8, 4) is 0 Å². The van der Waals surface area contributed by atoms with Crippen LogP contribution in [0.1, 0.15) is 59.8 Å². The van der Waals surface area contributed by atoms with E-state index in [1.807, 2.05) is 6.08 Å². The Morgan fingerprint density at radius 1 is 1.20 bits per heavy atom. The van der Waals surface area contributed by atoms with Gasteiger partial charge in [0, 0.05) is 11.3 Å². The van der Waals surface area contributed by atoms with Gasteiger partial charge in [0.1, 0.15) is 5.78 Å². The molecule has 4 rings (SSSR count). The second-order valence-corrected chi connectivity index (χ2v) is 9.57. The number of aliphatic hydroxyl groups is 1. The van der Waals surface area contributed by atoms with Gasteiger partial charge in [-0.2, -0.15) is 0 Å². The van der Waals surface area contributed by atoms with Gasteiger partial charge in [0.05, 0.1) is 0 Å². The Bertz CT molecular complexity index is 702. The van der Waals surface area contributed by atoms with Gasteiger partial charge < -0.3 is 5.11 Å². The predicted octanol–water partition coefficient (Wildman–Crippen LogP) is 4.63. The van der Waals surface area contributed by atoms with E-state index in [2.05, 4.69) is 20.8 Å². The van der Waals surface area contributed by atoms with Crippen LogP contribution in [0.3, 0.4) is 0 Å². The molecule has 3 heteroatoms. The molecular formula is C22H30O3. The first-order valence-corrected chi connectivity index (χ1v) is 9.87. The van der Waals surface area contributed by atoms with Crippen LogP contribution >= 0.6 is 0 Å². The number of allylic oxidation sites excluding steroid dienone is 3. The summed E-state index contributed by atoms with van der Waals surface area (Å²) in [5.41, 5.74) is 1.14. The van der Waals surface area contributed by atoms with Crippen molar-refractivity contribution in [2.75, 3.05) is 0 Å². The van der Waals surface area contributed by atoms with E-state index in [-0.39, 0.29) is 28.3 Å². The minimum Gasteiger partial charge on any atom is -0.504 e. The molecule has 0 heterocycles. The minimum atomic E-state index is -0.240. The monoisotopic (exact) mass is 342 g/mol. The highest BCUT2D eigenvalue weighted by Gasteiger charge is 2.60. The van der Waals surface area contributed by atoms with Gasteiger partial charge in [-0.15, -0.1) is 0 Å². The fourth-order valence-corrected chi connectivity index (χ4v) is 7.37. The fourth-order valence-electron chi connectivity index (χ4n) is 7.37. The molecule has 1 N–H and O–H groups in total. The van der Waals surface area contributed by atoms with Crippen LogP contribution < -0.4 is 0 Å². The molecule has 3 fully saturated rings. The van der Waals surface area contributed by atoms with E-state index in [4.69, 9.17) is 0 Å². The van der Waals surface area contributed by atoms with Crippen molar-refractivity contribution >= 4 is 11.6 Å². The Morgan fingerprint density at radius 3 is 2.60 bits per heavy atom. The van der Waals surface area contributed by atoms with Crippen LogP contribution in [0.25, 0.3) is 0 Å². The number of aliphatic hydroxyl groups excluding tert-OH is 1. The Labute approximate surface area is 150 Å². The first-order chi connectivity index (χ1) is 11.7. The second-order valence-electron chi connectivity index (χ2n) is 9.57. The summed E-state index contributed by atoms with van der Waals surface area (Å²) in [6.07, 6.45) is 9.02. The van der Waals surface area contributed by atoms with E-state index in [0.717, 1.165) is 32.1 Å². The van der Waals surface area contributed by atoms with Gasteiger partial charge in [0.25, 0.3) is 0 Å². The quantitative estimate of drug-likeness (QED) is 0.756. The summed E-state index contributed by atoms with van der Waals surface area (Å²) in [6, 6.07) is 0. The van der Waals surface area contributed by atoms with Gasteiger partial charge in [-0.1, -0.05) is 26.3 Å². The molecule has 0 aromatic carbocycles. The summed E-state index contributed by atoms with van der Waals surface area (Å²) in [6.45, 7) is 8.56. The lowest BCUT2D eigenvalue weighted by molar-refractivity contribution is -0.127. The first-order valence-electron chi connectivity index (χ1n) is 9.87. The van der Waals surface area contributed by atoms with Gasteiger partial charge >= 0.3 is 0 Å². The molecule has 0 saturated heterocycles. The number of Topliss-reactive ketones (excluding diaryl/α,β-unsaturated/α-hetero) is 1. The van der Waals surface area contributed by atoms with Crippen LogP contribution in [0, 0.1) is 40.4 Å². The molecule has 0 aromatic heterocycles. The van der Waals surface area contributed by atoms with Crippen LogP contribution in [-0.4, -0.2) is 16.7 Å². The summed E-state index contributed by atoms with van der Waals surface area (Å²) in [4.78, 5) is 24.2. The van der Waals surface area contributed by atoms with Gasteiger partial charge in [-0.05, 0) is 80.3 Å². The number of hydrogen-bond acceptors (Lipinski definition) is 3. The largest absolute Gasteiger partial charge is 0.504 e. The Balaban J connectivity index is 1.74. The van der Waals surface area contributed by atoms with Crippen molar-refractivity contribution in [1.29, 1.82) is 0 Å². The maximum Gasteiger partial charge on any atom is 0.219 e. The van der Waals surface area contributed by atoms with Gasteiger partial charge in [0.15, 0.2) is 5.76 Å². The molecule has 4 aliphatic rings. The topological polar surface area (TPSA) is 54.4 Å². The lowest BCUT2D eigenvalue weighted by atomic mass is 9.46. The number of carbonyl (C=O) groups is 2. The van der Waals surface area contributed by atoms with E-state index in [1.54, 1.807) is 13.0 Å². The van der Waals surface area contributed by atoms with Crippen molar-refractivity contribution in [3.05, 3.63) is 23.5 Å². The molecular weight excluding hydrogens is 312 g/mol. The van der Waals surface area contributed by atoms with Crippen LogP contribution in [0.5, 0.6) is 0 Å². The zero-order chi connectivity index (χ0) is 18.1. The Hall–Kier alpha value is -1.38. The lowest BCUT2D eigenvalue weighted by Gasteiger charge is -2.58. The molecule has 4 aliphatic carbocycles. The summed E-state index contributed by atoms with van der Waals surface area (Å²) in [7, 11) is 0. The third-order valence-corrected chi connectivity index (χ3v) is 8.45. The third-order valence-electron chi connectivity index (χ3n) is 8.45. The van der Waals surface area contributed by atoms with Gasteiger partial charge in [0.2, 0.25) is 5.78 Å². The van der Waals surface area contributed by atoms with Gasteiger partial charge in [-0.25, -0.2) is 0 Å². The molecule has 3 nitrogen and oxygen atoms in total. The summed E-state index contributed by atoms with van der Waals surface area (Å²) >= 11 is 0. The van der Waals surface area contributed by atoms with E-state index in [0.29, 0.717) is 29.5 Å². The summed E-state index contributed by atoms with van der Waals surface area (Å²) in [5.74, 6) is 2.26. The SMILES string of the molecule is CC(=O)[C@H]1CC[C@H]2[C@@H]3C[C@H](C)C4=CC(=O)C(O)=C[C@]4(C)[C@H]3CC[C@]12C. The number of carbonyl (C=O) groups excluding carboxylic acids is 2. The third kappa shape index (κ3) is 2.17. The van der Waals surface area contributed by atoms with Crippen molar-refractivity contribution in [3.63, 3.8) is 0 Å². The maximum atomic E-state index is 12.2. The van der Waals surface area contributed by atoms with Gasteiger partial charge in [-0.3, -0.25) is 9.59 Å². The highest BCUT2D eigenvalue weighted by molar-refractivity contribution is 6.04. The summed E-state index contributed by atoms with van der Waals surface area (Å²) in [5, 5.41) is 10.1. The van der Waals surface area contributed by atoms with Crippen LogP contribution in [0.4, 0.5) is 0 Å². The summed E-state index contributed by atoms with van der Waals surface area (Å²) < 4.78 is 0.